The molecule has 0 bridgehead atoms. The zero-order valence-electron chi connectivity index (χ0n) is 10.3. The number of hydrogen-bond acceptors (Lipinski definition) is 2. The summed E-state index contributed by atoms with van der Waals surface area (Å²) in [7, 11) is 1.98. The zero-order valence-corrected chi connectivity index (χ0v) is 10.3. The fraction of sp³-hybridized carbons (Fsp3) is 0.462. The van der Waals surface area contributed by atoms with E-state index in [-0.39, 0.29) is 0 Å². The number of nitrogens with two attached hydrogens (primary N) is 1. The second-order valence-corrected chi connectivity index (χ2v) is 4.43. The van der Waals surface area contributed by atoms with Crippen molar-refractivity contribution in [3.8, 4) is 0 Å². The predicted octanol–water partition coefficient (Wildman–Crippen LogP) is 1.88. The monoisotopic (exact) mass is 232 g/mol. The summed E-state index contributed by atoms with van der Waals surface area (Å²) in [6, 6.07) is 10.5. The maximum atomic E-state index is 5.57. The van der Waals surface area contributed by atoms with E-state index in [1.165, 1.54) is 25.7 Å². The molecule has 0 atom stereocenters. The van der Waals surface area contributed by atoms with Crippen molar-refractivity contribution in [2.24, 2.45) is 10.8 Å². The van der Waals surface area contributed by atoms with Crippen molar-refractivity contribution in [3.05, 3.63) is 30.3 Å². The van der Waals surface area contributed by atoms with Crippen LogP contribution in [-0.4, -0.2) is 19.0 Å². The number of hydrazine groups is 1. The molecule has 92 valence electrons. The number of hydrogen-bond donors (Lipinski definition) is 2. The molecule has 0 aromatic heterocycles. The number of nitrogens with one attached hydrogen (secondary N) is 1. The molecule has 1 aliphatic rings. The minimum Gasteiger partial charge on any atom is -0.315 e. The topological polar surface area (TPSA) is 53.6 Å². The quantitative estimate of drug-likeness (QED) is 0.354. The first-order valence-electron chi connectivity index (χ1n) is 6.14. The van der Waals surface area contributed by atoms with Gasteiger partial charge in [-0.25, -0.2) is 10.8 Å². The van der Waals surface area contributed by atoms with Crippen LogP contribution in [0.1, 0.15) is 25.7 Å². The van der Waals surface area contributed by atoms with Crippen LogP contribution >= 0.6 is 0 Å². The van der Waals surface area contributed by atoms with E-state index in [1.807, 2.05) is 42.3 Å². The van der Waals surface area contributed by atoms with Crippen LogP contribution in [0.25, 0.3) is 0 Å². The summed E-state index contributed by atoms with van der Waals surface area (Å²) >= 11 is 0. The highest BCUT2D eigenvalue weighted by molar-refractivity contribution is 5.95. The van der Waals surface area contributed by atoms with Gasteiger partial charge >= 0.3 is 0 Å². The Morgan fingerprint density at radius 1 is 1.29 bits per heavy atom. The highest BCUT2D eigenvalue weighted by Crippen LogP contribution is 2.21. The lowest BCUT2D eigenvalue weighted by molar-refractivity contribution is 0.696. The SMILES string of the molecule is CN(C(=NC1CCCC1)NN)c1ccccc1. The Labute approximate surface area is 102 Å². The van der Waals surface area contributed by atoms with Gasteiger partial charge in [-0.15, -0.1) is 0 Å². The summed E-state index contributed by atoms with van der Waals surface area (Å²) in [6.07, 6.45) is 4.91. The Kier molecular flexibility index (Phi) is 3.98. The number of rotatable bonds is 2. The molecule has 0 aliphatic heterocycles. The van der Waals surface area contributed by atoms with Crippen LogP contribution in [0.15, 0.2) is 35.3 Å². The Morgan fingerprint density at radius 2 is 1.94 bits per heavy atom. The molecule has 1 aromatic carbocycles. The van der Waals surface area contributed by atoms with Crippen LogP contribution in [0.4, 0.5) is 5.69 Å². The molecule has 0 amide bonds. The van der Waals surface area contributed by atoms with E-state index in [9.17, 15) is 0 Å². The van der Waals surface area contributed by atoms with Gasteiger partial charge in [0.05, 0.1) is 6.04 Å². The van der Waals surface area contributed by atoms with Crippen molar-refractivity contribution in [1.82, 2.24) is 5.43 Å². The van der Waals surface area contributed by atoms with E-state index in [0.717, 1.165) is 11.6 Å². The number of guanidine groups is 1. The third kappa shape index (κ3) is 2.97. The van der Waals surface area contributed by atoms with E-state index < -0.39 is 0 Å². The molecular formula is C13H20N4. The highest BCUT2D eigenvalue weighted by Gasteiger charge is 2.16. The van der Waals surface area contributed by atoms with Gasteiger partial charge in [-0.2, -0.15) is 0 Å². The molecule has 0 spiro atoms. The normalized spacial score (nSPS) is 17.2. The minimum absolute atomic E-state index is 0.423. The lowest BCUT2D eigenvalue weighted by atomic mass is 10.3. The Morgan fingerprint density at radius 3 is 2.53 bits per heavy atom. The molecule has 17 heavy (non-hydrogen) atoms. The molecule has 1 aliphatic carbocycles. The average Bonchev–Trinajstić information content (AvgIpc) is 2.89. The van der Waals surface area contributed by atoms with Gasteiger partial charge in [0, 0.05) is 12.7 Å². The fourth-order valence-corrected chi connectivity index (χ4v) is 2.20. The minimum atomic E-state index is 0.423. The van der Waals surface area contributed by atoms with Crippen LogP contribution in [-0.2, 0) is 0 Å². The van der Waals surface area contributed by atoms with Crippen molar-refractivity contribution in [2.45, 2.75) is 31.7 Å². The van der Waals surface area contributed by atoms with Crippen molar-refractivity contribution in [2.75, 3.05) is 11.9 Å². The predicted molar refractivity (Wildman–Crippen MR) is 71.9 cm³/mol. The van der Waals surface area contributed by atoms with E-state index in [1.54, 1.807) is 0 Å². The summed E-state index contributed by atoms with van der Waals surface area (Å²) in [5.74, 6) is 6.31. The first-order chi connectivity index (χ1) is 8.31. The molecule has 0 unspecified atom stereocenters. The summed E-state index contributed by atoms with van der Waals surface area (Å²) in [5, 5.41) is 0. The molecule has 1 fully saturated rings. The molecule has 0 radical (unpaired) electrons. The molecule has 4 heteroatoms. The molecule has 0 saturated heterocycles. The van der Waals surface area contributed by atoms with Crippen LogP contribution in [0.3, 0.4) is 0 Å². The number of aliphatic imine (C=N–C) groups is 1. The molecule has 3 N–H and O–H groups in total. The fourth-order valence-electron chi connectivity index (χ4n) is 2.20. The van der Waals surface area contributed by atoms with Gasteiger partial charge in [-0.1, -0.05) is 31.0 Å². The lowest BCUT2D eigenvalue weighted by Gasteiger charge is -2.21. The average molecular weight is 232 g/mol. The second kappa shape index (κ2) is 5.68. The number of para-hydroxylation sites is 1. The standard InChI is InChI=1S/C13H20N4/c1-17(12-9-3-2-4-10-12)13(16-14)15-11-7-5-6-8-11/h2-4,9-11H,5-8,14H2,1H3,(H,15,16). The second-order valence-electron chi connectivity index (χ2n) is 4.43. The van der Waals surface area contributed by atoms with Gasteiger partial charge in [0.1, 0.15) is 0 Å². The largest absolute Gasteiger partial charge is 0.315 e. The third-order valence-electron chi connectivity index (χ3n) is 3.22. The maximum Gasteiger partial charge on any atom is 0.212 e. The Balaban J connectivity index is 2.12. The van der Waals surface area contributed by atoms with Crippen molar-refractivity contribution >= 4 is 11.6 Å². The van der Waals surface area contributed by atoms with Gasteiger partial charge < -0.3 is 4.90 Å². The van der Waals surface area contributed by atoms with Gasteiger partial charge in [0.2, 0.25) is 5.96 Å². The van der Waals surface area contributed by atoms with Crippen molar-refractivity contribution in [1.29, 1.82) is 0 Å². The van der Waals surface area contributed by atoms with Gasteiger partial charge in [0.15, 0.2) is 0 Å². The smallest absolute Gasteiger partial charge is 0.212 e. The Hall–Kier alpha value is -1.55. The maximum absolute atomic E-state index is 5.57. The number of benzene rings is 1. The van der Waals surface area contributed by atoms with E-state index >= 15 is 0 Å². The van der Waals surface area contributed by atoms with E-state index in [2.05, 4.69) is 10.4 Å². The molecule has 4 nitrogen and oxygen atoms in total. The summed E-state index contributed by atoms with van der Waals surface area (Å²) < 4.78 is 0. The van der Waals surface area contributed by atoms with Crippen molar-refractivity contribution in [3.63, 3.8) is 0 Å². The molecule has 1 saturated carbocycles. The number of anilines is 1. The van der Waals surface area contributed by atoms with Crippen LogP contribution < -0.4 is 16.2 Å². The van der Waals surface area contributed by atoms with Gasteiger partial charge in [-0.3, -0.25) is 5.43 Å². The van der Waals surface area contributed by atoms with Gasteiger partial charge in [-0.05, 0) is 25.0 Å². The Bertz CT molecular complexity index is 368. The molecule has 1 aromatic rings. The van der Waals surface area contributed by atoms with E-state index in [4.69, 9.17) is 5.84 Å². The lowest BCUT2D eigenvalue weighted by Crippen LogP contribution is -2.43. The summed E-state index contributed by atoms with van der Waals surface area (Å²) in [6.45, 7) is 0. The summed E-state index contributed by atoms with van der Waals surface area (Å²) in [4.78, 5) is 6.66. The zero-order chi connectivity index (χ0) is 12.1. The first kappa shape index (κ1) is 11.9. The van der Waals surface area contributed by atoms with Crippen LogP contribution in [0.5, 0.6) is 0 Å². The summed E-state index contributed by atoms with van der Waals surface area (Å²) in [5.41, 5.74) is 3.79. The van der Waals surface area contributed by atoms with Crippen LogP contribution in [0.2, 0.25) is 0 Å². The molecule has 0 heterocycles. The first-order valence-corrected chi connectivity index (χ1v) is 6.14. The molecular weight excluding hydrogens is 212 g/mol. The van der Waals surface area contributed by atoms with Gasteiger partial charge in [0.25, 0.3) is 0 Å². The molecule has 2 rings (SSSR count). The highest BCUT2D eigenvalue weighted by atomic mass is 15.4. The number of nitrogens with zero attached hydrogens (tertiary/aromatic N) is 2. The van der Waals surface area contributed by atoms with Crippen LogP contribution in [0, 0.1) is 0 Å². The van der Waals surface area contributed by atoms with E-state index in [0.29, 0.717) is 6.04 Å². The third-order valence-corrected chi connectivity index (χ3v) is 3.22. The van der Waals surface area contributed by atoms with Crippen molar-refractivity contribution < 1.29 is 0 Å².